The zero-order chi connectivity index (χ0) is 12.9. The molecule has 0 atom stereocenters. The van der Waals surface area contributed by atoms with Crippen LogP contribution in [0.3, 0.4) is 0 Å². The summed E-state index contributed by atoms with van der Waals surface area (Å²) in [6, 6.07) is 5.94. The monoisotopic (exact) mass is 273 g/mol. The van der Waals surface area contributed by atoms with Gasteiger partial charge in [-0.3, -0.25) is 0 Å². The molecule has 0 bridgehead atoms. The Morgan fingerprint density at radius 1 is 1.12 bits per heavy atom. The van der Waals surface area contributed by atoms with Crippen LogP contribution in [-0.2, 0) is 6.42 Å². The van der Waals surface area contributed by atoms with Crippen molar-refractivity contribution in [3.63, 3.8) is 0 Å². The van der Waals surface area contributed by atoms with Gasteiger partial charge in [-0.05, 0) is 49.4 Å². The second-order valence-electron chi connectivity index (χ2n) is 4.66. The van der Waals surface area contributed by atoms with Gasteiger partial charge in [-0.2, -0.15) is 0 Å². The lowest BCUT2D eigenvalue weighted by Gasteiger charge is -2.32. The molecule has 96 valence electrons. The van der Waals surface area contributed by atoms with Crippen LogP contribution in [0.25, 0.3) is 0 Å². The lowest BCUT2D eigenvalue weighted by atomic mass is 9.77. The van der Waals surface area contributed by atoms with E-state index in [1.54, 1.807) is 0 Å². The number of nitrogens with one attached hydrogen (secondary N) is 1. The molecule has 0 aliphatic heterocycles. The van der Waals surface area contributed by atoms with Gasteiger partial charge >= 0.3 is 0 Å². The van der Waals surface area contributed by atoms with Gasteiger partial charge in [0.1, 0.15) is 0 Å². The van der Waals surface area contributed by atoms with Crippen LogP contribution in [0.15, 0.2) is 18.2 Å². The molecule has 0 saturated carbocycles. The zero-order valence-electron chi connectivity index (χ0n) is 10.8. The summed E-state index contributed by atoms with van der Waals surface area (Å²) in [7, 11) is 2.01. The van der Waals surface area contributed by atoms with E-state index in [1.807, 2.05) is 19.2 Å². The molecular formula is C14H21Cl2N. The van der Waals surface area contributed by atoms with Crippen LogP contribution in [0.4, 0.5) is 0 Å². The summed E-state index contributed by atoms with van der Waals surface area (Å²) in [4.78, 5) is 0. The number of benzene rings is 1. The Bertz CT molecular complexity index is 359. The van der Waals surface area contributed by atoms with E-state index in [9.17, 15) is 0 Å². The maximum Gasteiger partial charge on any atom is 0.0595 e. The van der Waals surface area contributed by atoms with Crippen LogP contribution in [-0.4, -0.2) is 13.6 Å². The molecule has 1 N–H and O–H groups in total. The molecule has 0 spiro atoms. The summed E-state index contributed by atoms with van der Waals surface area (Å²) >= 11 is 12.0. The van der Waals surface area contributed by atoms with Gasteiger partial charge in [-0.15, -0.1) is 0 Å². The van der Waals surface area contributed by atoms with Crippen LogP contribution < -0.4 is 5.32 Å². The maximum absolute atomic E-state index is 6.06. The number of rotatable bonds is 6. The summed E-state index contributed by atoms with van der Waals surface area (Å²) in [5, 5.41) is 4.57. The maximum atomic E-state index is 6.06. The van der Waals surface area contributed by atoms with Crippen molar-refractivity contribution in [3.05, 3.63) is 33.8 Å². The van der Waals surface area contributed by atoms with Gasteiger partial charge in [0.25, 0.3) is 0 Å². The predicted octanol–water partition coefficient (Wildman–Crippen LogP) is 4.56. The lowest BCUT2D eigenvalue weighted by Crippen LogP contribution is -2.33. The van der Waals surface area contributed by atoms with Crippen LogP contribution in [0.5, 0.6) is 0 Å². The molecule has 0 radical (unpaired) electrons. The van der Waals surface area contributed by atoms with E-state index in [1.165, 1.54) is 5.56 Å². The summed E-state index contributed by atoms with van der Waals surface area (Å²) < 4.78 is 0. The molecule has 1 aromatic carbocycles. The highest BCUT2D eigenvalue weighted by Crippen LogP contribution is 2.32. The summed E-state index contributed by atoms with van der Waals surface area (Å²) in [5.74, 6) is 0. The van der Waals surface area contributed by atoms with Crippen molar-refractivity contribution in [2.75, 3.05) is 13.6 Å². The van der Waals surface area contributed by atoms with Gasteiger partial charge in [0.2, 0.25) is 0 Å². The molecule has 0 saturated heterocycles. The minimum absolute atomic E-state index is 0.311. The molecule has 0 heterocycles. The van der Waals surface area contributed by atoms with Gasteiger partial charge < -0.3 is 5.32 Å². The first-order valence-electron chi connectivity index (χ1n) is 6.15. The van der Waals surface area contributed by atoms with Crippen molar-refractivity contribution in [1.29, 1.82) is 0 Å². The van der Waals surface area contributed by atoms with Crippen molar-refractivity contribution >= 4 is 23.2 Å². The molecule has 1 nitrogen and oxygen atoms in total. The van der Waals surface area contributed by atoms with Crippen LogP contribution >= 0.6 is 23.2 Å². The first-order chi connectivity index (χ1) is 8.06. The highest BCUT2D eigenvalue weighted by Gasteiger charge is 2.25. The molecule has 0 aromatic heterocycles. The van der Waals surface area contributed by atoms with Gasteiger partial charge in [0.05, 0.1) is 10.0 Å². The van der Waals surface area contributed by atoms with E-state index in [2.05, 4.69) is 25.2 Å². The smallest absolute Gasteiger partial charge is 0.0595 e. The standard InChI is InChI=1S/C14H21Cl2N/c1-4-14(5-2,10-17-3)9-11-6-7-12(15)13(16)8-11/h6-8,17H,4-5,9-10H2,1-3H3. The first-order valence-corrected chi connectivity index (χ1v) is 6.91. The van der Waals surface area contributed by atoms with E-state index in [0.29, 0.717) is 15.5 Å². The molecule has 17 heavy (non-hydrogen) atoms. The largest absolute Gasteiger partial charge is 0.319 e. The molecule has 0 amide bonds. The highest BCUT2D eigenvalue weighted by atomic mass is 35.5. The molecule has 0 aliphatic carbocycles. The zero-order valence-corrected chi connectivity index (χ0v) is 12.3. The fraction of sp³-hybridized carbons (Fsp3) is 0.571. The molecule has 3 heteroatoms. The summed E-state index contributed by atoms with van der Waals surface area (Å²) in [6.07, 6.45) is 3.35. The second-order valence-corrected chi connectivity index (χ2v) is 5.48. The molecule has 0 unspecified atom stereocenters. The fourth-order valence-electron chi connectivity index (χ4n) is 2.27. The molecule has 1 rings (SSSR count). The van der Waals surface area contributed by atoms with Gasteiger partial charge in [0.15, 0.2) is 0 Å². The molecule has 1 aromatic rings. The third kappa shape index (κ3) is 3.87. The van der Waals surface area contributed by atoms with Crippen molar-refractivity contribution in [3.8, 4) is 0 Å². The SMILES string of the molecule is CCC(CC)(CNC)Cc1ccc(Cl)c(Cl)c1. The number of hydrogen-bond donors (Lipinski definition) is 1. The number of halogens is 2. The average Bonchev–Trinajstić information content (AvgIpc) is 2.33. The molecule has 0 fully saturated rings. The van der Waals surface area contributed by atoms with Gasteiger partial charge in [-0.25, -0.2) is 0 Å². The fourth-order valence-corrected chi connectivity index (χ4v) is 2.59. The Labute approximate surface area is 115 Å². The lowest BCUT2D eigenvalue weighted by molar-refractivity contribution is 0.253. The van der Waals surface area contributed by atoms with E-state index in [4.69, 9.17) is 23.2 Å². The minimum atomic E-state index is 0.311. The summed E-state index contributed by atoms with van der Waals surface area (Å²) in [6.45, 7) is 5.52. The normalized spacial score (nSPS) is 11.8. The topological polar surface area (TPSA) is 12.0 Å². The van der Waals surface area contributed by atoms with E-state index in [0.717, 1.165) is 25.8 Å². The van der Waals surface area contributed by atoms with Gasteiger partial charge in [0, 0.05) is 6.54 Å². The van der Waals surface area contributed by atoms with Crippen LogP contribution in [0.2, 0.25) is 10.0 Å². The number of hydrogen-bond acceptors (Lipinski definition) is 1. The molecular weight excluding hydrogens is 253 g/mol. The third-order valence-corrected chi connectivity index (χ3v) is 4.35. The van der Waals surface area contributed by atoms with E-state index in [-0.39, 0.29) is 0 Å². The van der Waals surface area contributed by atoms with Gasteiger partial charge in [-0.1, -0.05) is 43.1 Å². The van der Waals surface area contributed by atoms with E-state index >= 15 is 0 Å². The third-order valence-electron chi connectivity index (χ3n) is 3.61. The second kappa shape index (κ2) is 6.63. The minimum Gasteiger partial charge on any atom is -0.319 e. The van der Waals surface area contributed by atoms with Crippen molar-refractivity contribution < 1.29 is 0 Å². The van der Waals surface area contributed by atoms with Crippen molar-refractivity contribution in [2.45, 2.75) is 33.1 Å². The quantitative estimate of drug-likeness (QED) is 0.801. The predicted molar refractivity (Wildman–Crippen MR) is 77.1 cm³/mol. The van der Waals surface area contributed by atoms with Crippen molar-refractivity contribution in [2.24, 2.45) is 5.41 Å². The Balaban J connectivity index is 2.89. The Morgan fingerprint density at radius 2 is 1.76 bits per heavy atom. The first kappa shape index (κ1) is 14.8. The highest BCUT2D eigenvalue weighted by molar-refractivity contribution is 6.42. The summed E-state index contributed by atoms with van der Waals surface area (Å²) in [5.41, 5.74) is 1.57. The van der Waals surface area contributed by atoms with E-state index < -0.39 is 0 Å². The van der Waals surface area contributed by atoms with Crippen LogP contribution in [0, 0.1) is 5.41 Å². The van der Waals surface area contributed by atoms with Crippen LogP contribution in [0.1, 0.15) is 32.3 Å². The Morgan fingerprint density at radius 3 is 2.24 bits per heavy atom. The average molecular weight is 274 g/mol. The van der Waals surface area contributed by atoms with Crippen molar-refractivity contribution in [1.82, 2.24) is 5.32 Å². The molecule has 0 aliphatic rings. The Hall–Kier alpha value is -0.240. The Kier molecular flexibility index (Phi) is 5.78.